The van der Waals surface area contributed by atoms with Crippen molar-refractivity contribution >= 4 is 54.9 Å². The van der Waals surface area contributed by atoms with E-state index in [1.807, 2.05) is 0 Å². The predicted octanol–water partition coefficient (Wildman–Crippen LogP) is 3.65. The number of sulfonamides is 1. The average Bonchev–Trinajstić information content (AvgIpc) is 3.54. The zero-order valence-electron chi connectivity index (χ0n) is 20.1. The van der Waals surface area contributed by atoms with E-state index in [9.17, 15) is 22.4 Å². The van der Waals surface area contributed by atoms with Crippen LogP contribution in [-0.4, -0.2) is 54.3 Å². The minimum absolute atomic E-state index is 0.0423. The fraction of sp³-hybridized carbons (Fsp3) is 0.240. The van der Waals surface area contributed by atoms with Crippen LogP contribution in [0.2, 0.25) is 0 Å². The predicted molar refractivity (Wildman–Crippen MR) is 140 cm³/mol. The number of carbonyl (C=O) groups excluding carboxylic acids is 2. The standard InChI is InChI=1S/C25H24FN5O4S2/c1-25(2,31-12-10-17-4-3-5-20(26)22(17)31)23(33)29-13-14-30(21(32)16-29)18-6-8-19(9-7-18)37(34,35)28-24-27-11-15-36-24/h3-12,15H,13-14,16H2,1-2H3,(H,27,28). The minimum Gasteiger partial charge on any atom is -0.330 e. The zero-order chi connectivity index (χ0) is 26.4. The molecule has 1 N–H and O–H groups in total. The van der Waals surface area contributed by atoms with E-state index in [0.717, 1.165) is 0 Å². The molecular weight excluding hydrogens is 517 g/mol. The maximum atomic E-state index is 14.6. The molecular formula is C25H24FN5O4S2. The lowest BCUT2D eigenvalue weighted by molar-refractivity contribution is -0.143. The third-order valence-corrected chi connectivity index (χ3v) is 8.58. The van der Waals surface area contributed by atoms with Gasteiger partial charge in [-0.25, -0.2) is 17.8 Å². The molecule has 2 aromatic heterocycles. The first-order chi connectivity index (χ1) is 17.6. The van der Waals surface area contributed by atoms with Crippen LogP contribution < -0.4 is 9.62 Å². The molecule has 192 valence electrons. The monoisotopic (exact) mass is 541 g/mol. The Bertz CT molecular complexity index is 1580. The average molecular weight is 542 g/mol. The molecule has 4 aromatic rings. The lowest BCUT2D eigenvalue weighted by atomic mass is 10.0. The maximum Gasteiger partial charge on any atom is 0.263 e. The molecule has 1 saturated heterocycles. The van der Waals surface area contributed by atoms with Crippen molar-refractivity contribution in [2.75, 3.05) is 29.3 Å². The second kappa shape index (κ2) is 9.27. The summed E-state index contributed by atoms with van der Waals surface area (Å²) in [7, 11) is -3.81. The number of benzene rings is 2. The summed E-state index contributed by atoms with van der Waals surface area (Å²) >= 11 is 1.17. The van der Waals surface area contributed by atoms with Crippen molar-refractivity contribution in [2.24, 2.45) is 0 Å². The molecule has 0 spiro atoms. The maximum absolute atomic E-state index is 14.6. The summed E-state index contributed by atoms with van der Waals surface area (Å²) in [6, 6.07) is 12.5. The van der Waals surface area contributed by atoms with Crippen LogP contribution in [0.15, 0.2) is 71.2 Å². The molecule has 9 nitrogen and oxygen atoms in total. The molecule has 2 aromatic carbocycles. The van der Waals surface area contributed by atoms with Crippen molar-refractivity contribution in [1.29, 1.82) is 0 Å². The molecule has 1 aliphatic rings. The summed E-state index contributed by atoms with van der Waals surface area (Å²) in [5.74, 6) is -1.01. The number of nitrogens with zero attached hydrogens (tertiary/aromatic N) is 4. The molecule has 2 amide bonds. The number of halogens is 1. The highest BCUT2D eigenvalue weighted by atomic mass is 32.2. The van der Waals surface area contributed by atoms with Crippen molar-refractivity contribution < 1.29 is 22.4 Å². The number of amides is 2. The van der Waals surface area contributed by atoms with Crippen molar-refractivity contribution in [1.82, 2.24) is 14.5 Å². The molecule has 5 rings (SSSR count). The minimum atomic E-state index is -3.81. The molecule has 0 atom stereocenters. The number of thiazole rings is 1. The van der Waals surface area contributed by atoms with Gasteiger partial charge >= 0.3 is 0 Å². The first-order valence-corrected chi connectivity index (χ1v) is 13.8. The van der Waals surface area contributed by atoms with Gasteiger partial charge in [0.2, 0.25) is 11.8 Å². The lowest BCUT2D eigenvalue weighted by Gasteiger charge is -2.39. The fourth-order valence-corrected chi connectivity index (χ4v) is 6.27. The highest BCUT2D eigenvalue weighted by Crippen LogP contribution is 2.29. The second-order valence-electron chi connectivity index (χ2n) is 9.13. The number of fused-ring (bicyclic) bond motifs is 1. The van der Waals surface area contributed by atoms with Gasteiger partial charge in [-0.1, -0.05) is 12.1 Å². The van der Waals surface area contributed by atoms with E-state index in [2.05, 4.69) is 9.71 Å². The topological polar surface area (TPSA) is 105 Å². The molecule has 1 aliphatic heterocycles. The molecule has 3 heterocycles. The number of carbonyl (C=O) groups is 2. The van der Waals surface area contributed by atoms with E-state index in [0.29, 0.717) is 16.6 Å². The number of nitrogens with one attached hydrogen (secondary N) is 1. The van der Waals surface area contributed by atoms with Crippen molar-refractivity contribution in [2.45, 2.75) is 24.3 Å². The Morgan fingerprint density at radius 2 is 1.86 bits per heavy atom. The number of aromatic nitrogens is 2. The number of rotatable bonds is 6. The summed E-state index contributed by atoms with van der Waals surface area (Å²) in [5, 5.41) is 2.62. The Hall–Kier alpha value is -3.77. The van der Waals surface area contributed by atoms with Crippen molar-refractivity contribution in [3.63, 3.8) is 0 Å². The molecule has 37 heavy (non-hydrogen) atoms. The Morgan fingerprint density at radius 1 is 1.11 bits per heavy atom. The van der Waals surface area contributed by atoms with Crippen LogP contribution in [0.3, 0.4) is 0 Å². The van der Waals surface area contributed by atoms with Crippen LogP contribution in [0.4, 0.5) is 15.2 Å². The van der Waals surface area contributed by atoms with Gasteiger partial charge in [0.05, 0.1) is 10.4 Å². The van der Waals surface area contributed by atoms with Gasteiger partial charge in [0, 0.05) is 41.9 Å². The Labute approximate surface area is 217 Å². The van der Waals surface area contributed by atoms with Crippen molar-refractivity contribution in [3.05, 3.63) is 72.1 Å². The number of para-hydroxylation sites is 1. The highest BCUT2D eigenvalue weighted by molar-refractivity contribution is 7.93. The second-order valence-corrected chi connectivity index (χ2v) is 11.7. The molecule has 0 bridgehead atoms. The summed E-state index contributed by atoms with van der Waals surface area (Å²) < 4.78 is 43.7. The largest absolute Gasteiger partial charge is 0.330 e. The smallest absolute Gasteiger partial charge is 0.263 e. The van der Waals surface area contributed by atoms with Crippen LogP contribution in [0.1, 0.15) is 13.8 Å². The summed E-state index contributed by atoms with van der Waals surface area (Å²) in [4.78, 5) is 33.5. The number of anilines is 2. The van der Waals surface area contributed by atoms with Crippen LogP contribution in [0.25, 0.3) is 10.9 Å². The quantitative estimate of drug-likeness (QED) is 0.401. The Balaban J connectivity index is 1.30. The number of hydrogen-bond donors (Lipinski definition) is 1. The molecule has 0 unspecified atom stereocenters. The van der Waals surface area contributed by atoms with Crippen LogP contribution in [0, 0.1) is 5.82 Å². The third kappa shape index (κ3) is 4.58. The van der Waals surface area contributed by atoms with Gasteiger partial charge < -0.3 is 14.4 Å². The van der Waals surface area contributed by atoms with E-state index in [4.69, 9.17) is 0 Å². The Kier molecular flexibility index (Phi) is 6.24. The first-order valence-electron chi connectivity index (χ1n) is 11.5. The summed E-state index contributed by atoms with van der Waals surface area (Å²) in [6.07, 6.45) is 3.18. The van der Waals surface area contributed by atoms with Gasteiger partial charge in [-0.3, -0.25) is 14.3 Å². The van der Waals surface area contributed by atoms with Gasteiger partial charge in [0.25, 0.3) is 10.0 Å². The van der Waals surface area contributed by atoms with E-state index < -0.39 is 21.4 Å². The molecule has 12 heteroatoms. The Morgan fingerprint density at radius 3 is 2.54 bits per heavy atom. The molecule has 0 aliphatic carbocycles. The van der Waals surface area contributed by atoms with Gasteiger partial charge in [0.1, 0.15) is 17.9 Å². The van der Waals surface area contributed by atoms with E-state index >= 15 is 0 Å². The van der Waals surface area contributed by atoms with E-state index in [1.54, 1.807) is 60.3 Å². The van der Waals surface area contributed by atoms with Gasteiger partial charge in [-0.2, -0.15) is 0 Å². The molecule has 0 radical (unpaired) electrons. The third-order valence-electron chi connectivity index (χ3n) is 6.41. The number of hydrogen-bond acceptors (Lipinski definition) is 6. The normalized spacial score (nSPS) is 14.8. The van der Waals surface area contributed by atoms with Crippen LogP contribution >= 0.6 is 11.3 Å². The van der Waals surface area contributed by atoms with E-state index in [-0.39, 0.29) is 41.5 Å². The van der Waals surface area contributed by atoms with Gasteiger partial charge in [0.15, 0.2) is 5.13 Å². The van der Waals surface area contributed by atoms with Gasteiger partial charge in [-0.15, -0.1) is 11.3 Å². The summed E-state index contributed by atoms with van der Waals surface area (Å²) in [5.41, 5.74) is -0.249. The first kappa shape index (κ1) is 24.9. The fourth-order valence-electron chi connectivity index (χ4n) is 4.48. The number of piperazine rings is 1. The zero-order valence-corrected chi connectivity index (χ0v) is 21.7. The van der Waals surface area contributed by atoms with Crippen LogP contribution in [-0.2, 0) is 25.2 Å². The highest BCUT2D eigenvalue weighted by Gasteiger charge is 2.38. The van der Waals surface area contributed by atoms with E-state index in [1.165, 1.54) is 45.5 Å². The summed E-state index contributed by atoms with van der Waals surface area (Å²) in [6.45, 7) is 3.79. The van der Waals surface area contributed by atoms with Crippen LogP contribution in [0.5, 0.6) is 0 Å². The SMILES string of the molecule is CC(C)(C(=O)N1CCN(c2ccc(S(=O)(=O)Nc3nccs3)cc2)C(=O)C1)n1ccc2cccc(F)c21. The molecule has 0 saturated carbocycles. The molecule has 1 fully saturated rings. The van der Waals surface area contributed by atoms with Gasteiger partial charge in [-0.05, 0) is 50.2 Å². The van der Waals surface area contributed by atoms with Crippen molar-refractivity contribution in [3.8, 4) is 0 Å². The lowest BCUT2D eigenvalue weighted by Crippen LogP contribution is -2.57.